The number of nitrogens with one attached hydrogen (secondary N) is 1. The van der Waals surface area contributed by atoms with Crippen molar-refractivity contribution >= 4 is 28.9 Å². The molecular weight excluding hydrogens is 313 g/mol. The molecule has 0 aliphatic rings. The number of para-hydroxylation sites is 2. The lowest BCUT2D eigenvalue weighted by Crippen LogP contribution is -2.23. The lowest BCUT2D eigenvalue weighted by Gasteiger charge is -2.15. The molecule has 0 aliphatic heterocycles. The Morgan fingerprint density at radius 3 is 2.57 bits per heavy atom. The Labute approximate surface area is 132 Å². The Balaban J connectivity index is 2.16. The Bertz CT molecular complexity index is 607. The third-order valence-electron chi connectivity index (χ3n) is 2.74. The molecule has 112 valence electrons. The van der Waals surface area contributed by atoms with E-state index in [0.29, 0.717) is 27.2 Å². The van der Waals surface area contributed by atoms with Crippen molar-refractivity contribution in [3.8, 4) is 11.5 Å². The van der Waals surface area contributed by atoms with Gasteiger partial charge in [-0.15, -0.1) is 0 Å². The van der Waals surface area contributed by atoms with Gasteiger partial charge < -0.3 is 20.3 Å². The Morgan fingerprint density at radius 2 is 1.86 bits per heavy atom. The van der Waals surface area contributed by atoms with Crippen LogP contribution in [0.15, 0.2) is 42.5 Å². The van der Waals surface area contributed by atoms with Crippen LogP contribution in [0.4, 0.5) is 5.69 Å². The molecule has 0 heterocycles. The second kappa shape index (κ2) is 7.52. The number of rotatable bonds is 6. The lowest BCUT2D eigenvalue weighted by atomic mass is 10.2. The molecule has 0 bridgehead atoms. The third-order valence-corrected chi connectivity index (χ3v) is 3.27. The van der Waals surface area contributed by atoms with Crippen molar-refractivity contribution in [3.63, 3.8) is 0 Å². The van der Waals surface area contributed by atoms with Gasteiger partial charge in [0, 0.05) is 11.6 Å². The Morgan fingerprint density at radius 1 is 1.10 bits per heavy atom. The van der Waals surface area contributed by atoms with Crippen molar-refractivity contribution in [1.29, 1.82) is 0 Å². The first kappa shape index (κ1) is 15.9. The van der Waals surface area contributed by atoms with Crippen LogP contribution < -0.4 is 10.1 Å². The summed E-state index contributed by atoms with van der Waals surface area (Å²) >= 11 is 11.9. The Hall–Kier alpha value is -1.46. The van der Waals surface area contributed by atoms with Crippen molar-refractivity contribution < 1.29 is 14.9 Å². The monoisotopic (exact) mass is 327 g/mol. The second-order valence-corrected chi connectivity index (χ2v) is 5.23. The zero-order valence-corrected chi connectivity index (χ0v) is 12.6. The molecule has 0 fully saturated rings. The minimum atomic E-state index is -0.836. The highest BCUT2D eigenvalue weighted by Gasteiger charge is 2.09. The van der Waals surface area contributed by atoms with Crippen LogP contribution in [0.5, 0.6) is 11.5 Å². The van der Waals surface area contributed by atoms with Gasteiger partial charge in [-0.3, -0.25) is 0 Å². The van der Waals surface area contributed by atoms with Gasteiger partial charge in [0.2, 0.25) is 0 Å². The molecule has 0 aromatic heterocycles. The predicted octanol–water partition coefficient (Wildman–Crippen LogP) is 3.55. The fourth-order valence-electron chi connectivity index (χ4n) is 1.67. The molecule has 0 radical (unpaired) electrons. The first-order valence-electron chi connectivity index (χ1n) is 6.35. The number of ether oxygens (including phenoxy) is 1. The van der Waals surface area contributed by atoms with E-state index in [-0.39, 0.29) is 13.2 Å². The quantitative estimate of drug-likeness (QED) is 0.759. The SMILES string of the molecule is OCC(O)CNc1ccccc1Oc1ccc(Cl)cc1Cl. The minimum absolute atomic E-state index is 0.214. The van der Waals surface area contributed by atoms with Crippen LogP contribution in [0, 0.1) is 0 Å². The summed E-state index contributed by atoms with van der Waals surface area (Å²) in [5.74, 6) is 1.05. The molecule has 1 unspecified atom stereocenters. The van der Waals surface area contributed by atoms with E-state index in [2.05, 4.69) is 5.32 Å². The van der Waals surface area contributed by atoms with Crippen molar-refractivity contribution in [2.75, 3.05) is 18.5 Å². The number of hydrogen-bond donors (Lipinski definition) is 3. The van der Waals surface area contributed by atoms with Crippen molar-refractivity contribution in [3.05, 3.63) is 52.5 Å². The number of aliphatic hydroxyl groups excluding tert-OH is 2. The maximum absolute atomic E-state index is 9.39. The zero-order chi connectivity index (χ0) is 15.2. The fourth-order valence-corrected chi connectivity index (χ4v) is 2.12. The molecule has 0 aliphatic carbocycles. The largest absolute Gasteiger partial charge is 0.454 e. The zero-order valence-electron chi connectivity index (χ0n) is 11.1. The topological polar surface area (TPSA) is 61.7 Å². The molecule has 21 heavy (non-hydrogen) atoms. The molecule has 1 atom stereocenters. The summed E-state index contributed by atoms with van der Waals surface area (Å²) in [6, 6.07) is 12.2. The number of aliphatic hydroxyl groups is 2. The van der Waals surface area contributed by atoms with Gasteiger partial charge in [0.05, 0.1) is 23.4 Å². The summed E-state index contributed by atoms with van der Waals surface area (Å²) in [5.41, 5.74) is 0.691. The average Bonchev–Trinajstić information content (AvgIpc) is 2.48. The summed E-state index contributed by atoms with van der Waals surface area (Å²) in [6.07, 6.45) is -0.836. The summed E-state index contributed by atoms with van der Waals surface area (Å²) in [6.45, 7) is -0.0930. The van der Waals surface area contributed by atoms with E-state index in [1.54, 1.807) is 24.3 Å². The van der Waals surface area contributed by atoms with Gasteiger partial charge in [-0.05, 0) is 30.3 Å². The standard InChI is InChI=1S/C15H15Cl2NO3/c16-10-5-6-14(12(17)7-10)21-15-4-2-1-3-13(15)18-8-11(20)9-19/h1-7,11,18-20H,8-9H2. The number of hydrogen-bond acceptors (Lipinski definition) is 4. The maximum Gasteiger partial charge on any atom is 0.150 e. The van der Waals surface area contributed by atoms with Crippen molar-refractivity contribution in [2.24, 2.45) is 0 Å². The minimum Gasteiger partial charge on any atom is -0.454 e. The van der Waals surface area contributed by atoms with Gasteiger partial charge in [-0.25, -0.2) is 0 Å². The molecule has 0 saturated heterocycles. The van der Waals surface area contributed by atoms with Crippen LogP contribution in [0.1, 0.15) is 0 Å². The van der Waals surface area contributed by atoms with Gasteiger partial charge in [0.25, 0.3) is 0 Å². The highest BCUT2D eigenvalue weighted by atomic mass is 35.5. The summed E-state index contributed by atoms with van der Waals surface area (Å²) < 4.78 is 5.76. The molecule has 0 spiro atoms. The van der Waals surface area contributed by atoms with Crippen LogP contribution in [-0.2, 0) is 0 Å². The maximum atomic E-state index is 9.39. The summed E-state index contributed by atoms with van der Waals surface area (Å²) in [4.78, 5) is 0. The molecule has 6 heteroatoms. The molecule has 3 N–H and O–H groups in total. The molecular formula is C15H15Cl2NO3. The predicted molar refractivity (Wildman–Crippen MR) is 84.6 cm³/mol. The van der Waals surface area contributed by atoms with Crippen LogP contribution in [0.3, 0.4) is 0 Å². The summed E-state index contributed by atoms with van der Waals surface area (Å²) in [7, 11) is 0. The Kier molecular flexibility index (Phi) is 5.70. The number of benzene rings is 2. The number of anilines is 1. The molecule has 2 aromatic carbocycles. The van der Waals surface area contributed by atoms with Gasteiger partial charge in [0.1, 0.15) is 5.75 Å². The summed E-state index contributed by atoms with van der Waals surface area (Å²) in [5, 5.41) is 22.2. The van der Waals surface area contributed by atoms with Gasteiger partial charge in [-0.1, -0.05) is 35.3 Å². The number of halogens is 2. The van der Waals surface area contributed by atoms with Gasteiger partial charge in [0.15, 0.2) is 5.75 Å². The first-order valence-corrected chi connectivity index (χ1v) is 7.10. The normalized spacial score (nSPS) is 12.0. The highest BCUT2D eigenvalue weighted by Crippen LogP contribution is 2.34. The van der Waals surface area contributed by atoms with Crippen molar-refractivity contribution in [1.82, 2.24) is 0 Å². The third kappa shape index (κ3) is 4.51. The average molecular weight is 328 g/mol. The van der Waals surface area contributed by atoms with Crippen molar-refractivity contribution in [2.45, 2.75) is 6.10 Å². The fraction of sp³-hybridized carbons (Fsp3) is 0.200. The van der Waals surface area contributed by atoms with E-state index in [1.165, 1.54) is 0 Å². The first-order chi connectivity index (χ1) is 10.1. The molecule has 0 saturated carbocycles. The van der Waals surface area contributed by atoms with E-state index in [0.717, 1.165) is 0 Å². The van der Waals surface area contributed by atoms with E-state index in [4.69, 9.17) is 33.0 Å². The van der Waals surface area contributed by atoms with Crippen LogP contribution >= 0.6 is 23.2 Å². The van der Waals surface area contributed by atoms with E-state index >= 15 is 0 Å². The smallest absolute Gasteiger partial charge is 0.150 e. The highest BCUT2D eigenvalue weighted by molar-refractivity contribution is 6.35. The van der Waals surface area contributed by atoms with Crippen LogP contribution in [0.2, 0.25) is 10.0 Å². The van der Waals surface area contributed by atoms with E-state index in [1.807, 2.05) is 18.2 Å². The molecule has 2 aromatic rings. The van der Waals surface area contributed by atoms with Crippen LogP contribution in [0.25, 0.3) is 0 Å². The second-order valence-electron chi connectivity index (χ2n) is 4.39. The molecule has 2 rings (SSSR count). The lowest BCUT2D eigenvalue weighted by molar-refractivity contribution is 0.105. The molecule has 0 amide bonds. The van der Waals surface area contributed by atoms with Crippen LogP contribution in [-0.4, -0.2) is 29.5 Å². The van der Waals surface area contributed by atoms with E-state index < -0.39 is 6.10 Å². The van der Waals surface area contributed by atoms with Gasteiger partial charge in [-0.2, -0.15) is 0 Å². The molecule has 4 nitrogen and oxygen atoms in total. The van der Waals surface area contributed by atoms with E-state index in [9.17, 15) is 5.11 Å². The van der Waals surface area contributed by atoms with Gasteiger partial charge >= 0.3 is 0 Å².